The monoisotopic (exact) mass is 504 g/mol. The van der Waals surface area contributed by atoms with Crippen LogP contribution in [0.5, 0.6) is 0 Å². The standard InChI is InChI=1S/C25H32N2O7S/c1-3-32-23(28)16-19-9-11-20(12-10-19)26-25(29)22(17-34-24-6-4-5-15-33-24)27-35(30,31)21-13-7-18(2)8-14-21/h7-14,22,24,27H,3-6,15-17H2,1-2H3,(H,26,29). The van der Waals surface area contributed by atoms with Crippen LogP contribution < -0.4 is 10.0 Å². The first kappa shape index (κ1) is 26.8. The van der Waals surface area contributed by atoms with E-state index in [1.165, 1.54) is 12.1 Å². The van der Waals surface area contributed by atoms with E-state index in [1.54, 1.807) is 43.3 Å². The number of anilines is 1. The molecule has 1 aliphatic heterocycles. The lowest BCUT2D eigenvalue weighted by molar-refractivity contribution is -0.166. The van der Waals surface area contributed by atoms with Gasteiger partial charge >= 0.3 is 5.97 Å². The molecule has 190 valence electrons. The molecule has 0 spiro atoms. The van der Waals surface area contributed by atoms with Gasteiger partial charge in [0.2, 0.25) is 15.9 Å². The predicted octanol–water partition coefficient (Wildman–Crippen LogP) is 2.93. The molecule has 1 heterocycles. The Kier molecular flexibility index (Phi) is 9.79. The fourth-order valence-corrected chi connectivity index (χ4v) is 4.68. The number of carbonyl (C=O) groups excluding carboxylic acids is 2. The molecule has 0 saturated carbocycles. The van der Waals surface area contributed by atoms with Gasteiger partial charge in [0.25, 0.3) is 0 Å². The molecule has 35 heavy (non-hydrogen) atoms. The summed E-state index contributed by atoms with van der Waals surface area (Å²) >= 11 is 0. The highest BCUT2D eigenvalue weighted by Crippen LogP contribution is 2.16. The minimum atomic E-state index is -3.98. The van der Waals surface area contributed by atoms with E-state index in [0.717, 1.165) is 24.0 Å². The molecule has 1 fully saturated rings. The van der Waals surface area contributed by atoms with Crippen molar-refractivity contribution in [3.63, 3.8) is 0 Å². The minimum Gasteiger partial charge on any atom is -0.466 e. The second-order valence-electron chi connectivity index (χ2n) is 8.28. The molecule has 0 aliphatic carbocycles. The zero-order valence-corrected chi connectivity index (χ0v) is 20.8. The maximum absolute atomic E-state index is 13.1. The van der Waals surface area contributed by atoms with Crippen LogP contribution in [0.1, 0.15) is 37.3 Å². The van der Waals surface area contributed by atoms with E-state index in [0.29, 0.717) is 25.3 Å². The van der Waals surface area contributed by atoms with Crippen molar-refractivity contribution in [2.75, 3.05) is 25.1 Å². The van der Waals surface area contributed by atoms with Crippen LogP contribution in [0.2, 0.25) is 0 Å². The molecular weight excluding hydrogens is 472 g/mol. The number of carbonyl (C=O) groups is 2. The molecule has 2 atom stereocenters. The molecule has 2 aromatic carbocycles. The van der Waals surface area contributed by atoms with E-state index in [4.69, 9.17) is 14.2 Å². The van der Waals surface area contributed by atoms with Gasteiger partial charge in [0.15, 0.2) is 6.29 Å². The average Bonchev–Trinajstić information content (AvgIpc) is 2.84. The van der Waals surface area contributed by atoms with Gasteiger partial charge in [-0.2, -0.15) is 4.72 Å². The summed E-state index contributed by atoms with van der Waals surface area (Å²) in [7, 11) is -3.98. The second-order valence-corrected chi connectivity index (χ2v) is 10.00. The molecule has 3 rings (SSSR count). The highest BCUT2D eigenvalue weighted by atomic mass is 32.2. The van der Waals surface area contributed by atoms with Gasteiger partial charge in [-0.05, 0) is 62.9 Å². The maximum atomic E-state index is 13.1. The third-order valence-electron chi connectivity index (χ3n) is 5.41. The molecular formula is C25H32N2O7S. The Hall–Kier alpha value is -2.79. The number of ether oxygens (including phenoxy) is 3. The van der Waals surface area contributed by atoms with Gasteiger partial charge < -0.3 is 19.5 Å². The predicted molar refractivity (Wildman–Crippen MR) is 130 cm³/mol. The smallest absolute Gasteiger partial charge is 0.310 e. The molecule has 9 nitrogen and oxygen atoms in total. The van der Waals surface area contributed by atoms with Gasteiger partial charge in [0.05, 0.1) is 24.5 Å². The molecule has 1 amide bonds. The number of sulfonamides is 1. The van der Waals surface area contributed by atoms with E-state index in [9.17, 15) is 18.0 Å². The van der Waals surface area contributed by atoms with Gasteiger partial charge in [-0.3, -0.25) is 9.59 Å². The van der Waals surface area contributed by atoms with Crippen LogP contribution in [0.3, 0.4) is 0 Å². The van der Waals surface area contributed by atoms with Crippen molar-refractivity contribution in [3.8, 4) is 0 Å². The fourth-order valence-electron chi connectivity index (χ4n) is 3.50. The molecule has 10 heteroatoms. The molecule has 2 N–H and O–H groups in total. The van der Waals surface area contributed by atoms with Crippen molar-refractivity contribution in [3.05, 3.63) is 59.7 Å². The number of amides is 1. The lowest BCUT2D eigenvalue weighted by Crippen LogP contribution is -2.47. The highest BCUT2D eigenvalue weighted by molar-refractivity contribution is 7.89. The Bertz CT molecular complexity index is 1080. The molecule has 1 aliphatic rings. The average molecular weight is 505 g/mol. The van der Waals surface area contributed by atoms with Crippen molar-refractivity contribution in [1.29, 1.82) is 0 Å². The summed E-state index contributed by atoms with van der Waals surface area (Å²) in [6.45, 7) is 4.28. The largest absolute Gasteiger partial charge is 0.466 e. The normalized spacial score (nSPS) is 16.9. The topological polar surface area (TPSA) is 120 Å². The maximum Gasteiger partial charge on any atom is 0.310 e. The first-order chi connectivity index (χ1) is 16.8. The zero-order valence-electron chi connectivity index (χ0n) is 20.0. The van der Waals surface area contributed by atoms with Gasteiger partial charge in [0.1, 0.15) is 6.04 Å². The Morgan fingerprint density at radius 1 is 1.09 bits per heavy atom. The third kappa shape index (κ3) is 8.43. The van der Waals surface area contributed by atoms with Crippen LogP contribution in [0.4, 0.5) is 5.69 Å². The van der Waals surface area contributed by atoms with Gasteiger partial charge in [-0.15, -0.1) is 0 Å². The Morgan fingerprint density at radius 3 is 2.43 bits per heavy atom. The van der Waals surface area contributed by atoms with Crippen molar-refractivity contribution in [2.45, 2.75) is 56.8 Å². The fraction of sp³-hybridized carbons (Fsp3) is 0.440. The third-order valence-corrected chi connectivity index (χ3v) is 6.89. The number of aryl methyl sites for hydroxylation is 1. The van der Waals surface area contributed by atoms with Gasteiger partial charge in [-0.25, -0.2) is 8.42 Å². The lowest BCUT2D eigenvalue weighted by atomic mass is 10.1. The second kappa shape index (κ2) is 12.8. The SMILES string of the molecule is CCOC(=O)Cc1ccc(NC(=O)C(COC2CCCCO2)NS(=O)(=O)c2ccc(C)cc2)cc1. The summed E-state index contributed by atoms with van der Waals surface area (Å²) in [6, 6.07) is 11.8. The summed E-state index contributed by atoms with van der Waals surface area (Å²) in [5, 5.41) is 2.72. The Labute approximate surface area is 206 Å². The van der Waals surface area contributed by atoms with Crippen LogP contribution in [0.15, 0.2) is 53.4 Å². The van der Waals surface area contributed by atoms with E-state index >= 15 is 0 Å². The van der Waals surface area contributed by atoms with Crippen LogP contribution in [0.25, 0.3) is 0 Å². The summed E-state index contributed by atoms with van der Waals surface area (Å²) in [6.07, 6.45) is 2.20. The summed E-state index contributed by atoms with van der Waals surface area (Å²) in [5.41, 5.74) is 2.11. The molecule has 2 aromatic rings. The number of hydrogen-bond acceptors (Lipinski definition) is 7. The van der Waals surface area contributed by atoms with E-state index in [2.05, 4.69) is 10.0 Å². The van der Waals surface area contributed by atoms with Crippen molar-refractivity contribution in [1.82, 2.24) is 4.72 Å². The lowest BCUT2D eigenvalue weighted by Gasteiger charge is -2.25. The van der Waals surface area contributed by atoms with E-state index in [1.807, 2.05) is 6.92 Å². The van der Waals surface area contributed by atoms with Crippen LogP contribution in [-0.4, -0.2) is 52.4 Å². The summed E-state index contributed by atoms with van der Waals surface area (Å²) in [5.74, 6) is -0.911. The first-order valence-electron chi connectivity index (χ1n) is 11.6. The molecule has 1 saturated heterocycles. The first-order valence-corrected chi connectivity index (χ1v) is 13.1. The Balaban J connectivity index is 1.70. The van der Waals surface area contributed by atoms with Gasteiger partial charge in [0, 0.05) is 12.3 Å². The number of nitrogens with one attached hydrogen (secondary N) is 2. The van der Waals surface area contributed by atoms with Crippen LogP contribution >= 0.6 is 0 Å². The number of rotatable bonds is 11. The number of hydrogen-bond donors (Lipinski definition) is 2. The highest BCUT2D eigenvalue weighted by Gasteiger charge is 2.28. The minimum absolute atomic E-state index is 0.0538. The van der Waals surface area contributed by atoms with E-state index < -0.39 is 28.3 Å². The van der Waals surface area contributed by atoms with Gasteiger partial charge in [-0.1, -0.05) is 29.8 Å². The van der Waals surface area contributed by atoms with Crippen LogP contribution in [0, 0.1) is 6.92 Å². The van der Waals surface area contributed by atoms with Crippen LogP contribution in [-0.2, 0) is 40.2 Å². The molecule has 2 unspecified atom stereocenters. The van der Waals surface area contributed by atoms with Crippen molar-refractivity contribution >= 4 is 27.6 Å². The quantitative estimate of drug-likeness (QED) is 0.452. The molecule has 0 radical (unpaired) electrons. The number of esters is 1. The summed E-state index contributed by atoms with van der Waals surface area (Å²) < 4.78 is 44.6. The molecule has 0 aromatic heterocycles. The van der Waals surface area contributed by atoms with Crippen molar-refractivity contribution < 1.29 is 32.2 Å². The number of benzene rings is 2. The Morgan fingerprint density at radius 2 is 1.80 bits per heavy atom. The van der Waals surface area contributed by atoms with Crippen molar-refractivity contribution in [2.24, 2.45) is 0 Å². The summed E-state index contributed by atoms with van der Waals surface area (Å²) in [4.78, 5) is 24.8. The zero-order chi connectivity index (χ0) is 25.3. The molecule has 0 bridgehead atoms. The van der Waals surface area contributed by atoms with E-state index in [-0.39, 0.29) is 23.9 Å².